The zero-order valence-electron chi connectivity index (χ0n) is 14.9. The molecule has 0 saturated carbocycles. The molecule has 2 saturated heterocycles. The number of fused-ring (bicyclic) bond motifs is 1. The fraction of sp³-hybridized carbons (Fsp3) is 0.571. The molecule has 4 rings (SSSR count). The van der Waals surface area contributed by atoms with Crippen LogP contribution in [0.2, 0.25) is 0 Å². The number of likely N-dealkylation sites (tertiary alicyclic amines) is 1. The van der Waals surface area contributed by atoms with E-state index in [1.807, 2.05) is 12.1 Å². The molecule has 3 heterocycles. The van der Waals surface area contributed by atoms with Crippen LogP contribution in [0.25, 0.3) is 10.9 Å². The summed E-state index contributed by atoms with van der Waals surface area (Å²) in [6.45, 7) is 5.05. The number of hydrogen-bond donors (Lipinski definition) is 2. The molecule has 0 aliphatic carbocycles. The highest BCUT2D eigenvalue weighted by Crippen LogP contribution is 2.37. The lowest BCUT2D eigenvalue weighted by Crippen LogP contribution is -2.44. The van der Waals surface area contributed by atoms with Crippen molar-refractivity contribution in [2.24, 2.45) is 0 Å². The van der Waals surface area contributed by atoms with Crippen molar-refractivity contribution in [1.82, 2.24) is 15.2 Å². The van der Waals surface area contributed by atoms with Crippen LogP contribution < -0.4 is 5.32 Å². The third-order valence-electron chi connectivity index (χ3n) is 5.91. The van der Waals surface area contributed by atoms with E-state index in [1.54, 1.807) is 0 Å². The minimum Gasteiger partial charge on any atom is -0.392 e. The first-order chi connectivity index (χ1) is 12.3. The maximum absolute atomic E-state index is 10.8. The summed E-state index contributed by atoms with van der Waals surface area (Å²) >= 11 is 0. The number of pyridine rings is 1. The van der Waals surface area contributed by atoms with Gasteiger partial charge in [-0.2, -0.15) is 0 Å². The molecular weight excluding hydrogens is 310 g/mol. The number of benzene rings is 1. The Labute approximate surface area is 150 Å². The standard InChI is InChI=1S/C21H28N3O/c25-18(16-24-13-3-4-14-24)15-21(9-11-22-12-10-21)20-8-7-17-5-1-2-6-19(17)23-20/h1-2,5-6,8,18,22,25H,3-4,9-16H2. The zero-order valence-corrected chi connectivity index (χ0v) is 14.9. The predicted molar refractivity (Wildman–Crippen MR) is 101 cm³/mol. The maximum atomic E-state index is 10.8. The SMILES string of the molecule is OC(CN1CCCC1)CC1(c2c[c]c3ccccc3n2)CCNCC1. The van der Waals surface area contributed by atoms with Gasteiger partial charge < -0.3 is 15.3 Å². The van der Waals surface area contributed by atoms with E-state index in [0.29, 0.717) is 0 Å². The molecule has 4 nitrogen and oxygen atoms in total. The quantitative estimate of drug-likeness (QED) is 0.879. The number of nitrogens with zero attached hydrogens (tertiary/aromatic N) is 2. The van der Waals surface area contributed by atoms with Gasteiger partial charge in [-0.25, -0.2) is 0 Å². The highest BCUT2D eigenvalue weighted by molar-refractivity contribution is 5.77. The molecule has 2 N–H and O–H groups in total. The number of para-hydroxylation sites is 1. The smallest absolute Gasteiger partial charge is 0.0711 e. The van der Waals surface area contributed by atoms with Crippen molar-refractivity contribution in [2.75, 3.05) is 32.7 Å². The second-order valence-corrected chi connectivity index (χ2v) is 7.70. The summed E-state index contributed by atoms with van der Waals surface area (Å²) in [5, 5.41) is 15.3. The Bertz CT molecular complexity index is 705. The van der Waals surface area contributed by atoms with Crippen LogP contribution in [0.4, 0.5) is 0 Å². The molecule has 0 amide bonds. The van der Waals surface area contributed by atoms with Crippen LogP contribution in [0.5, 0.6) is 0 Å². The number of piperidine rings is 1. The highest BCUT2D eigenvalue weighted by Gasteiger charge is 2.37. The third-order valence-corrected chi connectivity index (χ3v) is 5.91. The number of hydrogen-bond acceptors (Lipinski definition) is 4. The van der Waals surface area contributed by atoms with E-state index in [4.69, 9.17) is 4.98 Å². The van der Waals surface area contributed by atoms with Crippen LogP contribution in [0.1, 0.15) is 37.8 Å². The molecule has 2 aliphatic rings. The Morgan fingerprint density at radius 3 is 2.76 bits per heavy atom. The summed E-state index contributed by atoms with van der Waals surface area (Å²) in [4.78, 5) is 7.37. The van der Waals surface area contributed by atoms with Crippen LogP contribution in [-0.4, -0.2) is 53.8 Å². The fourth-order valence-electron chi connectivity index (χ4n) is 4.52. The van der Waals surface area contributed by atoms with E-state index in [0.717, 1.165) is 68.6 Å². The van der Waals surface area contributed by atoms with Gasteiger partial charge in [0.05, 0.1) is 11.6 Å². The lowest BCUT2D eigenvalue weighted by atomic mass is 9.71. The topological polar surface area (TPSA) is 48.4 Å². The largest absolute Gasteiger partial charge is 0.392 e. The molecule has 2 aromatic rings. The number of aliphatic hydroxyl groups excluding tert-OH is 1. The molecule has 25 heavy (non-hydrogen) atoms. The van der Waals surface area contributed by atoms with Crippen LogP contribution in [-0.2, 0) is 5.41 Å². The van der Waals surface area contributed by atoms with Gasteiger partial charge >= 0.3 is 0 Å². The number of β-amino-alcohol motifs (C(OH)–C–C–N with tert-alkyl or cyclic N) is 1. The van der Waals surface area contributed by atoms with Gasteiger partial charge in [-0.3, -0.25) is 4.98 Å². The molecule has 1 unspecified atom stereocenters. The van der Waals surface area contributed by atoms with E-state index < -0.39 is 0 Å². The predicted octanol–water partition coefficient (Wildman–Crippen LogP) is 2.50. The molecule has 1 radical (unpaired) electrons. The molecule has 2 fully saturated rings. The van der Waals surface area contributed by atoms with Gasteiger partial charge in [0.25, 0.3) is 0 Å². The van der Waals surface area contributed by atoms with Crippen molar-refractivity contribution in [2.45, 2.75) is 43.6 Å². The second-order valence-electron chi connectivity index (χ2n) is 7.70. The van der Waals surface area contributed by atoms with Gasteiger partial charge in [-0.15, -0.1) is 0 Å². The van der Waals surface area contributed by atoms with Crippen LogP contribution in [0.3, 0.4) is 0 Å². The van der Waals surface area contributed by atoms with E-state index >= 15 is 0 Å². The van der Waals surface area contributed by atoms with Gasteiger partial charge in [0.2, 0.25) is 0 Å². The second kappa shape index (κ2) is 7.40. The molecule has 1 atom stereocenters. The van der Waals surface area contributed by atoms with E-state index in [9.17, 15) is 5.11 Å². The lowest BCUT2D eigenvalue weighted by molar-refractivity contribution is 0.0812. The van der Waals surface area contributed by atoms with Crippen molar-refractivity contribution in [3.05, 3.63) is 42.1 Å². The minimum atomic E-state index is -0.288. The summed E-state index contributed by atoms with van der Waals surface area (Å²) in [7, 11) is 0. The Hall–Kier alpha value is -1.49. The van der Waals surface area contributed by atoms with Gasteiger partial charge in [-0.05, 0) is 76.5 Å². The van der Waals surface area contributed by atoms with E-state index in [-0.39, 0.29) is 11.5 Å². The summed E-state index contributed by atoms with van der Waals surface area (Å²) in [5.74, 6) is 0. The molecule has 1 aromatic carbocycles. The average Bonchev–Trinajstić information content (AvgIpc) is 3.15. The molecule has 133 valence electrons. The van der Waals surface area contributed by atoms with Crippen molar-refractivity contribution in [3.63, 3.8) is 0 Å². The van der Waals surface area contributed by atoms with Crippen molar-refractivity contribution < 1.29 is 5.11 Å². The van der Waals surface area contributed by atoms with Gasteiger partial charge in [-0.1, -0.05) is 18.2 Å². The molecular formula is C21H28N3O. The molecule has 4 heteroatoms. The maximum Gasteiger partial charge on any atom is 0.0711 e. The number of aromatic nitrogens is 1. The number of aliphatic hydroxyl groups is 1. The molecule has 2 aliphatic heterocycles. The zero-order chi connectivity index (χ0) is 17.1. The third kappa shape index (κ3) is 3.71. The molecule has 0 bridgehead atoms. The summed E-state index contributed by atoms with van der Waals surface area (Å²) in [6, 6.07) is 13.7. The fourth-order valence-corrected chi connectivity index (χ4v) is 4.52. The first-order valence-electron chi connectivity index (χ1n) is 9.64. The van der Waals surface area contributed by atoms with Gasteiger partial charge in [0.1, 0.15) is 0 Å². The highest BCUT2D eigenvalue weighted by atomic mass is 16.3. The Kier molecular flexibility index (Phi) is 5.02. The van der Waals surface area contributed by atoms with Crippen molar-refractivity contribution in [3.8, 4) is 0 Å². The first kappa shape index (κ1) is 17.0. The summed E-state index contributed by atoms with van der Waals surface area (Å²) in [5.41, 5.74) is 2.07. The lowest BCUT2D eigenvalue weighted by Gasteiger charge is -2.39. The van der Waals surface area contributed by atoms with Crippen LogP contribution in [0, 0.1) is 6.07 Å². The Morgan fingerprint density at radius 1 is 1.20 bits per heavy atom. The first-order valence-corrected chi connectivity index (χ1v) is 9.64. The summed E-state index contributed by atoms with van der Waals surface area (Å²) < 4.78 is 0. The van der Waals surface area contributed by atoms with E-state index in [2.05, 4.69) is 34.5 Å². The summed E-state index contributed by atoms with van der Waals surface area (Å²) in [6.07, 6.45) is 5.10. The van der Waals surface area contributed by atoms with Gasteiger partial charge in [0.15, 0.2) is 0 Å². The van der Waals surface area contributed by atoms with Crippen LogP contribution in [0.15, 0.2) is 30.3 Å². The Balaban J connectivity index is 1.58. The monoisotopic (exact) mass is 338 g/mol. The Morgan fingerprint density at radius 2 is 1.96 bits per heavy atom. The number of nitrogens with one attached hydrogen (secondary N) is 1. The molecule has 1 aromatic heterocycles. The van der Waals surface area contributed by atoms with Crippen molar-refractivity contribution >= 4 is 10.9 Å². The van der Waals surface area contributed by atoms with Crippen LogP contribution >= 0.6 is 0 Å². The number of rotatable bonds is 5. The van der Waals surface area contributed by atoms with E-state index in [1.165, 1.54) is 12.8 Å². The average molecular weight is 338 g/mol. The minimum absolute atomic E-state index is 0.0368. The van der Waals surface area contributed by atoms with Crippen molar-refractivity contribution in [1.29, 1.82) is 0 Å². The normalized spacial score (nSPS) is 22.3. The molecule has 0 spiro atoms. The van der Waals surface area contributed by atoms with Gasteiger partial charge in [0, 0.05) is 23.0 Å².